The van der Waals surface area contributed by atoms with Crippen molar-refractivity contribution in [2.45, 2.75) is 122 Å². The molecule has 0 aromatic heterocycles. The van der Waals surface area contributed by atoms with Crippen LogP contribution in [0.15, 0.2) is 0 Å². The zero-order valence-electron chi connectivity index (χ0n) is 20.6. The molecule has 3 N–H and O–H groups in total. The van der Waals surface area contributed by atoms with E-state index in [9.17, 15) is 42.4 Å². The quantitative estimate of drug-likeness (QED) is 0.106. The summed E-state index contributed by atoms with van der Waals surface area (Å²) in [4.78, 5) is 50.1. The average Bonchev–Trinajstić information content (AvgIpc) is 2.74. The van der Waals surface area contributed by atoms with Crippen LogP contribution in [0.5, 0.6) is 0 Å². The number of rotatable bonds is 22. The summed E-state index contributed by atoms with van der Waals surface area (Å²) < 4.78 is 33.3. The molecule has 0 spiro atoms. The molecule has 0 amide bonds. The maximum Gasteiger partial charge on any atom is 0.326 e. The first-order valence-corrected chi connectivity index (χ1v) is 14.0. The van der Waals surface area contributed by atoms with E-state index in [0.29, 0.717) is 12.8 Å². The summed E-state index contributed by atoms with van der Waals surface area (Å²) in [7, 11) is -5.57. The second-order valence-corrected chi connectivity index (χ2v) is 10.4. The lowest BCUT2D eigenvalue weighted by Crippen LogP contribution is -2.60. The maximum absolute atomic E-state index is 13.0. The Labute approximate surface area is 203 Å². The van der Waals surface area contributed by atoms with E-state index in [-0.39, 0.29) is 12.8 Å². The molecule has 0 aliphatic heterocycles. The molecule has 198 valence electrons. The van der Waals surface area contributed by atoms with E-state index >= 15 is 0 Å². The van der Waals surface area contributed by atoms with Gasteiger partial charge in [-0.2, -0.15) is 8.42 Å². The Hall–Kier alpha value is -1.81. The molecule has 0 aromatic carbocycles. The van der Waals surface area contributed by atoms with Crippen LogP contribution in [-0.2, 0) is 29.3 Å². The number of ketones is 2. The smallest absolute Gasteiger partial charge is 0.326 e. The van der Waals surface area contributed by atoms with Crippen molar-refractivity contribution in [3.8, 4) is 0 Å². The molecule has 0 radical (unpaired) electrons. The Morgan fingerprint density at radius 1 is 0.647 bits per heavy atom. The second kappa shape index (κ2) is 16.8. The Morgan fingerprint density at radius 3 is 1.24 bits per heavy atom. The van der Waals surface area contributed by atoms with Gasteiger partial charge in [0, 0.05) is 12.8 Å². The maximum atomic E-state index is 13.0. The zero-order valence-corrected chi connectivity index (χ0v) is 21.4. The second-order valence-electron chi connectivity index (χ2n) is 8.94. The van der Waals surface area contributed by atoms with Crippen molar-refractivity contribution < 1.29 is 42.4 Å². The SMILES string of the molecule is CCCCCCCCCC(=O)C(C(=O)O)(C(=O)CCCCCCCCC)C(C(=O)O)S(=O)(=O)O. The summed E-state index contributed by atoms with van der Waals surface area (Å²) >= 11 is 0. The molecular weight excluding hydrogens is 464 g/mol. The molecule has 34 heavy (non-hydrogen) atoms. The third-order valence-corrected chi connectivity index (χ3v) is 7.30. The van der Waals surface area contributed by atoms with E-state index in [1.54, 1.807) is 0 Å². The van der Waals surface area contributed by atoms with Crippen molar-refractivity contribution in [1.29, 1.82) is 0 Å². The van der Waals surface area contributed by atoms with Crippen molar-refractivity contribution in [2.75, 3.05) is 0 Å². The highest BCUT2D eigenvalue weighted by molar-refractivity contribution is 7.87. The number of Topliss-reactive ketones (excluding diaryl/α,β-unsaturated/α-hetero) is 2. The minimum Gasteiger partial charge on any atom is -0.480 e. The van der Waals surface area contributed by atoms with E-state index in [4.69, 9.17) is 0 Å². The summed E-state index contributed by atoms with van der Waals surface area (Å²) in [5.41, 5.74) is -3.37. The standard InChI is InChI=1S/C24H42O9S/c1-3-5-7-9-11-13-15-17-19(25)24(23(29)30,21(22(27)28)34(31,32)33)20(26)18-16-14-12-10-8-6-4-2/h21H,3-18H2,1-2H3,(H,27,28)(H,29,30)(H,31,32,33). The van der Waals surface area contributed by atoms with Crippen LogP contribution in [0.25, 0.3) is 0 Å². The highest BCUT2D eigenvalue weighted by Crippen LogP contribution is 2.35. The summed E-state index contributed by atoms with van der Waals surface area (Å²) in [6, 6.07) is 0. The van der Waals surface area contributed by atoms with Gasteiger partial charge in [0.25, 0.3) is 10.1 Å². The van der Waals surface area contributed by atoms with Gasteiger partial charge in [-0.3, -0.25) is 23.7 Å². The summed E-state index contributed by atoms with van der Waals surface area (Å²) in [6.07, 6.45) is 10.3. The van der Waals surface area contributed by atoms with Gasteiger partial charge in [0.2, 0.25) is 10.7 Å². The van der Waals surface area contributed by atoms with Crippen molar-refractivity contribution in [3.05, 3.63) is 0 Å². The number of hydrogen-bond donors (Lipinski definition) is 3. The van der Waals surface area contributed by atoms with E-state index in [1.165, 1.54) is 0 Å². The summed E-state index contributed by atoms with van der Waals surface area (Å²) in [5.74, 6) is -6.97. The number of carboxylic acid groups (broad SMARTS) is 2. The van der Waals surface area contributed by atoms with Crippen LogP contribution in [0, 0.1) is 5.41 Å². The van der Waals surface area contributed by atoms with Crippen molar-refractivity contribution in [1.82, 2.24) is 0 Å². The lowest BCUT2D eigenvalue weighted by atomic mass is 9.72. The van der Waals surface area contributed by atoms with Crippen LogP contribution < -0.4 is 0 Å². The van der Waals surface area contributed by atoms with Crippen LogP contribution in [-0.4, -0.2) is 51.9 Å². The average molecular weight is 507 g/mol. The fourth-order valence-corrected chi connectivity index (χ4v) is 5.28. The molecule has 0 aliphatic rings. The van der Waals surface area contributed by atoms with Gasteiger partial charge < -0.3 is 10.2 Å². The lowest BCUT2D eigenvalue weighted by molar-refractivity contribution is -0.165. The van der Waals surface area contributed by atoms with Gasteiger partial charge in [0.05, 0.1) is 0 Å². The minimum atomic E-state index is -5.57. The largest absolute Gasteiger partial charge is 0.480 e. The Morgan fingerprint density at radius 2 is 0.971 bits per heavy atom. The number of hydrogen-bond acceptors (Lipinski definition) is 6. The Kier molecular flexibility index (Phi) is 15.9. The first-order chi connectivity index (χ1) is 16.0. The molecule has 0 rings (SSSR count). The molecule has 1 unspecified atom stereocenters. The van der Waals surface area contributed by atoms with Crippen LogP contribution in [0.3, 0.4) is 0 Å². The van der Waals surface area contributed by atoms with Gasteiger partial charge in [-0.1, -0.05) is 90.9 Å². The van der Waals surface area contributed by atoms with E-state index < -0.39 is 57.1 Å². The molecule has 0 aromatic rings. The van der Waals surface area contributed by atoms with Gasteiger partial charge in [-0.05, 0) is 12.8 Å². The molecule has 0 bridgehead atoms. The van der Waals surface area contributed by atoms with E-state index in [2.05, 4.69) is 13.8 Å². The first kappa shape index (κ1) is 32.2. The van der Waals surface area contributed by atoms with E-state index in [0.717, 1.165) is 64.2 Å². The first-order valence-electron chi connectivity index (χ1n) is 12.5. The molecule has 0 saturated carbocycles. The predicted molar refractivity (Wildman–Crippen MR) is 128 cm³/mol. The summed E-state index contributed by atoms with van der Waals surface area (Å²) in [6.45, 7) is 4.14. The molecule has 0 aliphatic carbocycles. The number of unbranched alkanes of at least 4 members (excludes halogenated alkanes) is 12. The normalized spacial score (nSPS) is 12.9. The predicted octanol–water partition coefficient (Wildman–Crippen LogP) is 4.82. The van der Waals surface area contributed by atoms with Gasteiger partial charge in [-0.25, -0.2) is 0 Å². The minimum absolute atomic E-state index is 0.197. The van der Waals surface area contributed by atoms with Gasteiger partial charge in [-0.15, -0.1) is 0 Å². The molecule has 9 nitrogen and oxygen atoms in total. The number of carboxylic acids is 2. The Bertz CT molecular complexity index is 728. The van der Waals surface area contributed by atoms with Gasteiger partial charge in [0.1, 0.15) is 0 Å². The number of aliphatic carboxylic acids is 2. The van der Waals surface area contributed by atoms with Gasteiger partial charge in [0.15, 0.2) is 11.6 Å². The van der Waals surface area contributed by atoms with Crippen molar-refractivity contribution in [3.63, 3.8) is 0 Å². The van der Waals surface area contributed by atoms with Gasteiger partial charge >= 0.3 is 11.9 Å². The monoisotopic (exact) mass is 506 g/mol. The third kappa shape index (κ3) is 10.2. The fourth-order valence-electron chi connectivity index (χ4n) is 4.21. The van der Waals surface area contributed by atoms with Crippen LogP contribution in [0.1, 0.15) is 117 Å². The van der Waals surface area contributed by atoms with Crippen molar-refractivity contribution >= 4 is 33.6 Å². The summed E-state index contributed by atoms with van der Waals surface area (Å²) in [5, 5.41) is 16.2. The van der Waals surface area contributed by atoms with E-state index in [1.807, 2.05) is 0 Å². The molecular formula is C24H42O9S. The topological polar surface area (TPSA) is 163 Å². The molecule has 10 heteroatoms. The lowest BCUT2D eigenvalue weighted by Gasteiger charge is -2.30. The van der Waals surface area contributed by atoms with Crippen LogP contribution in [0.2, 0.25) is 0 Å². The molecule has 0 fully saturated rings. The number of carbonyl (C=O) groups is 4. The highest BCUT2D eigenvalue weighted by atomic mass is 32.2. The third-order valence-electron chi connectivity index (χ3n) is 6.15. The van der Waals surface area contributed by atoms with Crippen molar-refractivity contribution in [2.24, 2.45) is 5.41 Å². The number of carbonyl (C=O) groups excluding carboxylic acids is 2. The fraction of sp³-hybridized carbons (Fsp3) is 0.833. The molecule has 0 heterocycles. The Balaban J connectivity index is 5.59. The van der Waals surface area contributed by atoms with Crippen LogP contribution in [0.4, 0.5) is 0 Å². The van der Waals surface area contributed by atoms with Crippen LogP contribution >= 0.6 is 0 Å². The zero-order chi connectivity index (χ0) is 26.2. The highest BCUT2D eigenvalue weighted by Gasteiger charge is 2.64. The molecule has 0 saturated heterocycles. The molecule has 1 atom stereocenters.